The molecule has 0 radical (unpaired) electrons. The molecule has 0 fully saturated rings. The normalized spacial score (nSPS) is 11.7. The van der Waals surface area contributed by atoms with Crippen LogP contribution in [0.25, 0.3) is 10.6 Å². The molecule has 4 nitrogen and oxygen atoms in total. The van der Waals surface area contributed by atoms with Crippen LogP contribution in [0.2, 0.25) is 0 Å². The van der Waals surface area contributed by atoms with Crippen molar-refractivity contribution in [1.82, 2.24) is 10.2 Å². The van der Waals surface area contributed by atoms with E-state index in [9.17, 15) is 9.90 Å². The third kappa shape index (κ3) is 2.05. The van der Waals surface area contributed by atoms with Crippen LogP contribution in [0.3, 0.4) is 0 Å². The van der Waals surface area contributed by atoms with Gasteiger partial charge in [0.05, 0.1) is 16.0 Å². The summed E-state index contributed by atoms with van der Waals surface area (Å²) in [7, 11) is 0. The van der Waals surface area contributed by atoms with Crippen molar-refractivity contribution in [3.63, 3.8) is 0 Å². The van der Waals surface area contributed by atoms with E-state index in [0.29, 0.717) is 11.3 Å². The van der Waals surface area contributed by atoms with Crippen LogP contribution in [-0.4, -0.2) is 15.3 Å². The molecule has 16 heavy (non-hydrogen) atoms. The Morgan fingerprint density at radius 2 is 2.25 bits per heavy atom. The second-order valence-corrected chi connectivity index (χ2v) is 4.98. The highest BCUT2D eigenvalue weighted by Gasteiger charge is 2.21. The molecule has 0 unspecified atom stereocenters. The SMILES string of the molecule is CC(C)(O)c1cc(-c2cccs2)n[nH]c1=O. The van der Waals surface area contributed by atoms with Crippen LogP contribution < -0.4 is 5.56 Å². The first-order valence-electron chi connectivity index (χ1n) is 4.85. The van der Waals surface area contributed by atoms with Gasteiger partial charge in [-0.05, 0) is 31.4 Å². The van der Waals surface area contributed by atoms with Gasteiger partial charge >= 0.3 is 0 Å². The van der Waals surface area contributed by atoms with Crippen molar-refractivity contribution in [2.75, 3.05) is 0 Å². The van der Waals surface area contributed by atoms with Gasteiger partial charge in [-0.1, -0.05) is 6.07 Å². The fourth-order valence-electron chi connectivity index (χ4n) is 1.41. The van der Waals surface area contributed by atoms with Crippen molar-refractivity contribution in [2.24, 2.45) is 0 Å². The fraction of sp³-hybridized carbons (Fsp3) is 0.273. The van der Waals surface area contributed by atoms with Crippen LogP contribution in [0.4, 0.5) is 0 Å². The van der Waals surface area contributed by atoms with Gasteiger partial charge in [-0.15, -0.1) is 11.3 Å². The Labute approximate surface area is 96.6 Å². The van der Waals surface area contributed by atoms with E-state index in [0.717, 1.165) is 4.88 Å². The molecule has 0 aromatic carbocycles. The van der Waals surface area contributed by atoms with Crippen LogP contribution in [0.5, 0.6) is 0 Å². The van der Waals surface area contributed by atoms with Gasteiger partial charge in [-0.3, -0.25) is 4.79 Å². The first-order chi connectivity index (χ1) is 7.48. The molecule has 0 saturated carbocycles. The smallest absolute Gasteiger partial charge is 0.270 e. The number of aromatic amines is 1. The molecule has 0 bridgehead atoms. The van der Waals surface area contributed by atoms with Crippen molar-refractivity contribution >= 4 is 11.3 Å². The summed E-state index contributed by atoms with van der Waals surface area (Å²) in [5.41, 5.74) is -0.520. The summed E-state index contributed by atoms with van der Waals surface area (Å²) in [6.45, 7) is 3.16. The third-order valence-electron chi connectivity index (χ3n) is 2.24. The van der Waals surface area contributed by atoms with Gasteiger partial charge in [0.2, 0.25) is 0 Å². The molecule has 2 rings (SSSR count). The van der Waals surface area contributed by atoms with Crippen molar-refractivity contribution in [1.29, 1.82) is 0 Å². The van der Waals surface area contributed by atoms with E-state index in [-0.39, 0.29) is 5.56 Å². The van der Waals surface area contributed by atoms with Crippen LogP contribution in [-0.2, 0) is 5.60 Å². The molecular weight excluding hydrogens is 224 g/mol. The highest BCUT2D eigenvalue weighted by Crippen LogP contribution is 2.24. The molecule has 5 heteroatoms. The van der Waals surface area contributed by atoms with Gasteiger partial charge in [-0.25, -0.2) is 5.10 Å². The molecule has 2 aromatic rings. The number of rotatable bonds is 2. The molecule has 0 amide bonds. The van der Waals surface area contributed by atoms with E-state index < -0.39 is 5.60 Å². The molecule has 0 aliphatic carbocycles. The first-order valence-corrected chi connectivity index (χ1v) is 5.73. The number of aromatic nitrogens is 2. The minimum absolute atomic E-state index is 0.325. The number of hydrogen-bond acceptors (Lipinski definition) is 4. The summed E-state index contributed by atoms with van der Waals surface area (Å²) >= 11 is 1.54. The second-order valence-electron chi connectivity index (χ2n) is 4.03. The van der Waals surface area contributed by atoms with Crippen LogP contribution >= 0.6 is 11.3 Å². The molecule has 2 heterocycles. The molecule has 0 atom stereocenters. The maximum atomic E-state index is 11.5. The highest BCUT2D eigenvalue weighted by molar-refractivity contribution is 7.13. The molecule has 0 aliphatic rings. The van der Waals surface area contributed by atoms with Gasteiger partial charge in [-0.2, -0.15) is 5.10 Å². The van der Waals surface area contributed by atoms with Crippen LogP contribution in [0.15, 0.2) is 28.4 Å². The predicted molar refractivity (Wildman–Crippen MR) is 63.4 cm³/mol. The Morgan fingerprint density at radius 3 is 2.81 bits per heavy atom. The molecule has 2 aromatic heterocycles. The van der Waals surface area contributed by atoms with E-state index in [4.69, 9.17) is 0 Å². The van der Waals surface area contributed by atoms with Gasteiger partial charge in [0.1, 0.15) is 5.69 Å². The minimum Gasteiger partial charge on any atom is -0.386 e. The number of aliphatic hydroxyl groups is 1. The number of H-pyrrole nitrogens is 1. The maximum absolute atomic E-state index is 11.5. The molecule has 2 N–H and O–H groups in total. The number of hydrogen-bond donors (Lipinski definition) is 2. The van der Waals surface area contributed by atoms with Gasteiger partial charge in [0, 0.05) is 0 Å². The lowest BCUT2D eigenvalue weighted by Crippen LogP contribution is -2.27. The predicted octanol–water partition coefficient (Wildman–Crippen LogP) is 1.73. The lowest BCUT2D eigenvalue weighted by atomic mass is 10.00. The summed E-state index contributed by atoms with van der Waals surface area (Å²) in [4.78, 5) is 12.5. The van der Waals surface area contributed by atoms with E-state index in [1.807, 2.05) is 17.5 Å². The quantitative estimate of drug-likeness (QED) is 0.834. The Morgan fingerprint density at radius 1 is 1.50 bits per heavy atom. The average molecular weight is 236 g/mol. The summed E-state index contributed by atoms with van der Waals surface area (Å²) in [5, 5.41) is 18.1. The highest BCUT2D eigenvalue weighted by atomic mass is 32.1. The van der Waals surface area contributed by atoms with E-state index in [2.05, 4.69) is 10.2 Å². The Bertz CT molecular complexity index is 538. The lowest BCUT2D eigenvalue weighted by Gasteiger charge is -2.16. The van der Waals surface area contributed by atoms with Crippen molar-refractivity contribution in [3.05, 3.63) is 39.5 Å². The summed E-state index contributed by atoms with van der Waals surface area (Å²) < 4.78 is 0. The monoisotopic (exact) mass is 236 g/mol. The zero-order valence-corrected chi connectivity index (χ0v) is 9.84. The lowest BCUT2D eigenvalue weighted by molar-refractivity contribution is 0.0769. The zero-order chi connectivity index (χ0) is 11.8. The van der Waals surface area contributed by atoms with Crippen molar-refractivity contribution < 1.29 is 5.11 Å². The second kappa shape index (κ2) is 3.84. The topological polar surface area (TPSA) is 66.0 Å². The molecule has 0 spiro atoms. The molecular formula is C11H12N2O2S. The first kappa shape index (κ1) is 11.0. The standard InChI is InChI=1S/C11H12N2O2S/c1-11(2,15)7-6-8(12-13-10(7)14)9-4-3-5-16-9/h3-6,15H,1-2H3,(H,13,14). The summed E-state index contributed by atoms with van der Waals surface area (Å²) in [5.74, 6) is 0. The molecule has 0 aliphatic heterocycles. The summed E-state index contributed by atoms with van der Waals surface area (Å²) in [6.07, 6.45) is 0. The van der Waals surface area contributed by atoms with Crippen LogP contribution in [0.1, 0.15) is 19.4 Å². The number of nitrogens with one attached hydrogen (secondary N) is 1. The van der Waals surface area contributed by atoms with E-state index in [1.54, 1.807) is 19.9 Å². The Kier molecular flexibility index (Phi) is 2.65. The van der Waals surface area contributed by atoms with Gasteiger partial charge in [0.15, 0.2) is 0 Å². The third-order valence-corrected chi connectivity index (χ3v) is 3.13. The largest absolute Gasteiger partial charge is 0.386 e. The van der Waals surface area contributed by atoms with Gasteiger partial charge in [0.25, 0.3) is 5.56 Å². The zero-order valence-electron chi connectivity index (χ0n) is 9.02. The van der Waals surface area contributed by atoms with Crippen LogP contribution in [0, 0.1) is 0 Å². The molecule has 84 valence electrons. The summed E-state index contributed by atoms with van der Waals surface area (Å²) in [6, 6.07) is 5.46. The molecule has 0 saturated heterocycles. The number of nitrogens with zero attached hydrogens (tertiary/aromatic N) is 1. The maximum Gasteiger partial charge on any atom is 0.270 e. The van der Waals surface area contributed by atoms with E-state index >= 15 is 0 Å². The van der Waals surface area contributed by atoms with Crippen molar-refractivity contribution in [3.8, 4) is 10.6 Å². The van der Waals surface area contributed by atoms with Crippen molar-refractivity contribution in [2.45, 2.75) is 19.4 Å². The fourth-order valence-corrected chi connectivity index (χ4v) is 2.10. The van der Waals surface area contributed by atoms with Gasteiger partial charge < -0.3 is 5.11 Å². The Balaban J connectivity index is 2.57. The minimum atomic E-state index is -1.16. The average Bonchev–Trinajstić information content (AvgIpc) is 2.69. The number of thiophene rings is 1. The Hall–Kier alpha value is -1.46. The van der Waals surface area contributed by atoms with E-state index in [1.165, 1.54) is 11.3 Å².